The molecule has 4 N–H and O–H groups in total. The highest BCUT2D eigenvalue weighted by Crippen LogP contribution is 2.15. The molecule has 6 nitrogen and oxygen atoms in total. The molecule has 312 valence electrons. The second-order valence-electron chi connectivity index (χ2n) is 15.3. The molecular weight excluding hydrogens is 653 g/mol. The molecule has 0 aromatic rings. The standard InChI is InChI=1S/2C22H47N.H2O4S/c2*1-3-5-7-8-9-10-11-12-13-14-15-16-17-18-19-20-22-23-21-6-4-2;1-5(2,3)4/h2*23H,3-22H2,1-2H3;(H2,1,2,3,4). The van der Waals surface area contributed by atoms with E-state index < -0.39 is 10.4 Å². The van der Waals surface area contributed by atoms with Gasteiger partial charge in [-0.25, -0.2) is 0 Å². The zero-order valence-corrected chi connectivity index (χ0v) is 36.2. The van der Waals surface area contributed by atoms with Crippen molar-refractivity contribution in [2.75, 3.05) is 26.2 Å². The second-order valence-corrected chi connectivity index (χ2v) is 16.2. The quantitative estimate of drug-likeness (QED) is 0.0368. The van der Waals surface area contributed by atoms with Crippen LogP contribution in [-0.2, 0) is 10.4 Å². The van der Waals surface area contributed by atoms with Gasteiger partial charge in [-0.05, 0) is 51.9 Å². The van der Waals surface area contributed by atoms with E-state index in [0.717, 1.165) is 0 Å². The first-order valence-electron chi connectivity index (χ1n) is 22.9. The summed E-state index contributed by atoms with van der Waals surface area (Å²) in [6.45, 7) is 14.0. The van der Waals surface area contributed by atoms with E-state index in [-0.39, 0.29) is 0 Å². The third-order valence-corrected chi connectivity index (χ3v) is 9.83. The fourth-order valence-electron chi connectivity index (χ4n) is 6.45. The van der Waals surface area contributed by atoms with Crippen LogP contribution in [0.25, 0.3) is 0 Å². The molecule has 0 rings (SSSR count). The molecule has 0 aliphatic carbocycles. The average molecular weight is 749 g/mol. The monoisotopic (exact) mass is 749 g/mol. The van der Waals surface area contributed by atoms with Crippen molar-refractivity contribution in [3.63, 3.8) is 0 Å². The molecule has 0 aromatic heterocycles. The molecule has 0 saturated heterocycles. The molecule has 0 aromatic carbocycles. The van der Waals surface area contributed by atoms with Crippen LogP contribution in [0.2, 0.25) is 0 Å². The van der Waals surface area contributed by atoms with Crippen molar-refractivity contribution in [2.24, 2.45) is 0 Å². The molecule has 7 heteroatoms. The number of unbranched alkanes of at least 4 members (excludes halogenated alkanes) is 32. The summed E-state index contributed by atoms with van der Waals surface area (Å²) in [6.07, 6.45) is 51.9. The van der Waals surface area contributed by atoms with Crippen molar-refractivity contribution in [1.82, 2.24) is 10.6 Å². The van der Waals surface area contributed by atoms with E-state index in [9.17, 15) is 0 Å². The van der Waals surface area contributed by atoms with Gasteiger partial charge in [0.1, 0.15) is 0 Å². The molecule has 0 heterocycles. The van der Waals surface area contributed by atoms with Crippen molar-refractivity contribution in [1.29, 1.82) is 0 Å². The van der Waals surface area contributed by atoms with E-state index >= 15 is 0 Å². The molecule has 0 bridgehead atoms. The summed E-state index contributed by atoms with van der Waals surface area (Å²) in [6, 6.07) is 0. The molecule has 0 saturated carbocycles. The summed E-state index contributed by atoms with van der Waals surface area (Å²) in [7, 11) is -4.67. The maximum atomic E-state index is 8.74. The molecule has 0 fully saturated rings. The van der Waals surface area contributed by atoms with Crippen molar-refractivity contribution >= 4 is 10.4 Å². The van der Waals surface area contributed by atoms with Crippen LogP contribution in [0.5, 0.6) is 0 Å². The first-order valence-corrected chi connectivity index (χ1v) is 24.3. The Bertz CT molecular complexity index is 588. The summed E-state index contributed by atoms with van der Waals surface area (Å²) in [5.41, 5.74) is 0. The summed E-state index contributed by atoms with van der Waals surface area (Å²) < 4.78 is 31.6. The van der Waals surface area contributed by atoms with Gasteiger partial charge < -0.3 is 10.6 Å². The van der Waals surface area contributed by atoms with E-state index in [0.29, 0.717) is 0 Å². The molecule has 0 radical (unpaired) electrons. The molecule has 0 aliphatic rings. The first-order chi connectivity index (χ1) is 24.8. The molecule has 0 spiro atoms. The first kappa shape index (κ1) is 55.1. The van der Waals surface area contributed by atoms with Gasteiger partial charge in [0.05, 0.1) is 0 Å². The van der Waals surface area contributed by atoms with Gasteiger partial charge in [-0.15, -0.1) is 0 Å². The van der Waals surface area contributed by atoms with E-state index in [1.54, 1.807) is 0 Å². The van der Waals surface area contributed by atoms with E-state index in [1.807, 2.05) is 0 Å². The molecule has 0 aliphatic heterocycles. The zero-order valence-electron chi connectivity index (χ0n) is 35.4. The lowest BCUT2D eigenvalue weighted by atomic mass is 10.0. The van der Waals surface area contributed by atoms with E-state index in [1.165, 1.54) is 257 Å². The molecule has 0 atom stereocenters. The van der Waals surface area contributed by atoms with Crippen LogP contribution in [0.4, 0.5) is 0 Å². The minimum Gasteiger partial charge on any atom is -0.317 e. The third kappa shape index (κ3) is 71.8. The van der Waals surface area contributed by atoms with Gasteiger partial charge in [-0.1, -0.05) is 233 Å². The van der Waals surface area contributed by atoms with Crippen LogP contribution in [0.1, 0.15) is 259 Å². The van der Waals surface area contributed by atoms with Crippen molar-refractivity contribution in [2.45, 2.75) is 259 Å². The van der Waals surface area contributed by atoms with Crippen LogP contribution < -0.4 is 10.6 Å². The Morgan fingerprint density at radius 3 is 0.588 bits per heavy atom. The van der Waals surface area contributed by atoms with Gasteiger partial charge in [-0.2, -0.15) is 8.42 Å². The lowest BCUT2D eigenvalue weighted by Gasteiger charge is -2.04. The highest BCUT2D eigenvalue weighted by atomic mass is 32.3. The van der Waals surface area contributed by atoms with Crippen LogP contribution >= 0.6 is 0 Å². The summed E-state index contributed by atoms with van der Waals surface area (Å²) >= 11 is 0. The maximum absolute atomic E-state index is 8.74. The molecular formula is C44H96N2O4S. The Balaban J connectivity index is -0.000000796. The molecule has 51 heavy (non-hydrogen) atoms. The highest BCUT2D eigenvalue weighted by molar-refractivity contribution is 7.79. The fraction of sp³-hybridized carbons (Fsp3) is 1.00. The van der Waals surface area contributed by atoms with Gasteiger partial charge >= 0.3 is 10.4 Å². The minimum absolute atomic E-state index is 1.22. The van der Waals surface area contributed by atoms with E-state index in [4.69, 9.17) is 17.5 Å². The predicted octanol–water partition coefficient (Wildman–Crippen LogP) is 14.6. The van der Waals surface area contributed by atoms with Crippen LogP contribution in [-0.4, -0.2) is 43.7 Å². The number of nitrogens with one attached hydrogen (secondary N) is 2. The Kier molecular flexibility index (Phi) is 56.1. The zero-order chi connectivity index (χ0) is 38.2. The SMILES string of the molecule is CCCCCCCCCCCCCCCCCCNCCCC.CCCCCCCCCCCCCCCCCCNCCCC.O=S(=O)(O)O. The van der Waals surface area contributed by atoms with Crippen molar-refractivity contribution in [3.8, 4) is 0 Å². The number of hydrogen-bond donors (Lipinski definition) is 4. The highest BCUT2D eigenvalue weighted by Gasteiger charge is 1.96. The third-order valence-electron chi connectivity index (χ3n) is 9.83. The van der Waals surface area contributed by atoms with Gasteiger partial charge in [0, 0.05) is 0 Å². The second kappa shape index (κ2) is 51.9. The average Bonchev–Trinajstić information content (AvgIpc) is 3.10. The fourth-order valence-corrected chi connectivity index (χ4v) is 6.45. The Hall–Kier alpha value is -0.210. The van der Waals surface area contributed by atoms with Gasteiger partial charge in [-0.3, -0.25) is 9.11 Å². The van der Waals surface area contributed by atoms with Crippen LogP contribution in [0.15, 0.2) is 0 Å². The van der Waals surface area contributed by atoms with Gasteiger partial charge in [0.25, 0.3) is 0 Å². The number of hydrogen-bond acceptors (Lipinski definition) is 4. The predicted molar refractivity (Wildman–Crippen MR) is 229 cm³/mol. The molecule has 0 unspecified atom stereocenters. The Morgan fingerprint density at radius 2 is 0.412 bits per heavy atom. The largest absolute Gasteiger partial charge is 0.394 e. The summed E-state index contributed by atoms with van der Waals surface area (Å²) in [5.74, 6) is 0. The van der Waals surface area contributed by atoms with E-state index in [2.05, 4.69) is 38.3 Å². The number of rotatable bonds is 40. The summed E-state index contributed by atoms with van der Waals surface area (Å²) in [4.78, 5) is 0. The Labute approximate surface area is 322 Å². The minimum atomic E-state index is -4.67. The van der Waals surface area contributed by atoms with Crippen molar-refractivity contribution in [3.05, 3.63) is 0 Å². The van der Waals surface area contributed by atoms with Crippen LogP contribution in [0.3, 0.4) is 0 Å². The van der Waals surface area contributed by atoms with Crippen LogP contribution in [0, 0.1) is 0 Å². The van der Waals surface area contributed by atoms with Crippen molar-refractivity contribution < 1.29 is 17.5 Å². The normalized spacial score (nSPS) is 11.3. The Morgan fingerprint density at radius 1 is 0.275 bits per heavy atom. The van der Waals surface area contributed by atoms with Gasteiger partial charge in [0.15, 0.2) is 0 Å². The topological polar surface area (TPSA) is 98.7 Å². The maximum Gasteiger partial charge on any atom is 0.394 e. The molecule has 0 amide bonds. The smallest absolute Gasteiger partial charge is 0.317 e. The lowest BCUT2D eigenvalue weighted by molar-refractivity contribution is 0.381. The van der Waals surface area contributed by atoms with Gasteiger partial charge in [0.2, 0.25) is 0 Å². The summed E-state index contributed by atoms with van der Waals surface area (Å²) in [5, 5.41) is 7.07. The lowest BCUT2D eigenvalue weighted by Crippen LogP contribution is -2.16.